The van der Waals surface area contributed by atoms with E-state index in [1.54, 1.807) is 4.90 Å². The number of likely N-dealkylation sites (tertiary alicyclic amines) is 1. The number of carbonyl (C=O) groups excluding carboxylic acids is 1. The number of hydrogen-bond donors (Lipinski definition) is 1. The molecule has 1 amide bonds. The van der Waals surface area contributed by atoms with Gasteiger partial charge in [0.1, 0.15) is 11.3 Å². The molecule has 0 unspecified atom stereocenters. The third-order valence-electron chi connectivity index (χ3n) is 5.02. The van der Waals surface area contributed by atoms with Gasteiger partial charge in [0.25, 0.3) is 5.91 Å². The summed E-state index contributed by atoms with van der Waals surface area (Å²) >= 11 is 0. The zero-order valence-corrected chi connectivity index (χ0v) is 11.1. The predicted molar refractivity (Wildman–Crippen MR) is 70.9 cm³/mol. The lowest BCUT2D eigenvalue weighted by atomic mass is 9.88. The van der Waals surface area contributed by atoms with Crippen LogP contribution in [0.4, 0.5) is 0 Å². The molecule has 1 aromatic heterocycles. The van der Waals surface area contributed by atoms with Crippen molar-refractivity contribution in [1.29, 1.82) is 0 Å². The number of carbonyl (C=O) groups is 1. The first-order chi connectivity index (χ1) is 9.17. The van der Waals surface area contributed by atoms with Gasteiger partial charge >= 0.3 is 0 Å². The quantitative estimate of drug-likeness (QED) is 0.901. The fourth-order valence-electron chi connectivity index (χ4n) is 3.36. The van der Waals surface area contributed by atoms with E-state index in [9.17, 15) is 9.90 Å². The van der Waals surface area contributed by atoms with Gasteiger partial charge in [0.05, 0.1) is 13.1 Å². The number of rotatable bonds is 3. The molecule has 1 aliphatic heterocycles. The van der Waals surface area contributed by atoms with Crippen molar-refractivity contribution in [1.82, 2.24) is 9.47 Å². The van der Waals surface area contributed by atoms with Gasteiger partial charge in [-0.05, 0) is 50.2 Å². The molecular formula is C15H20N2O2. The van der Waals surface area contributed by atoms with Crippen molar-refractivity contribution in [2.75, 3.05) is 13.1 Å². The second-order valence-electron chi connectivity index (χ2n) is 6.42. The van der Waals surface area contributed by atoms with E-state index in [1.165, 1.54) is 19.3 Å². The smallest absolute Gasteiger partial charge is 0.270 e. The molecular weight excluding hydrogens is 240 g/mol. The number of aliphatic hydroxyl groups is 1. The van der Waals surface area contributed by atoms with Gasteiger partial charge in [-0.25, -0.2) is 0 Å². The van der Waals surface area contributed by atoms with Crippen molar-refractivity contribution in [2.24, 2.45) is 5.92 Å². The van der Waals surface area contributed by atoms with Crippen molar-refractivity contribution in [3.8, 4) is 0 Å². The van der Waals surface area contributed by atoms with Crippen LogP contribution in [0.3, 0.4) is 0 Å². The lowest BCUT2D eigenvalue weighted by molar-refractivity contribution is -0.0961. The molecule has 2 heterocycles. The summed E-state index contributed by atoms with van der Waals surface area (Å²) in [5.41, 5.74) is 0.214. The first-order valence-corrected chi connectivity index (χ1v) is 7.36. The van der Waals surface area contributed by atoms with Gasteiger partial charge in [0.2, 0.25) is 0 Å². The van der Waals surface area contributed by atoms with Gasteiger partial charge in [0.15, 0.2) is 0 Å². The van der Waals surface area contributed by atoms with Crippen LogP contribution in [0.5, 0.6) is 0 Å². The average Bonchev–Trinajstić information content (AvgIpc) is 3.03. The molecule has 2 saturated carbocycles. The molecule has 0 spiro atoms. The van der Waals surface area contributed by atoms with Crippen molar-refractivity contribution < 1.29 is 9.90 Å². The summed E-state index contributed by atoms with van der Waals surface area (Å²) < 4.78 is 2.13. The van der Waals surface area contributed by atoms with Crippen LogP contribution in [0, 0.1) is 5.92 Å². The molecule has 19 heavy (non-hydrogen) atoms. The minimum absolute atomic E-state index is 0.0854. The fourth-order valence-corrected chi connectivity index (χ4v) is 3.36. The molecule has 4 heteroatoms. The largest absolute Gasteiger partial charge is 0.386 e. The van der Waals surface area contributed by atoms with Gasteiger partial charge in [-0.1, -0.05) is 0 Å². The number of β-amino-alcohol motifs (C(OH)–C–C–N with tert-alkyl or cyclic N) is 1. The highest BCUT2D eigenvalue weighted by Crippen LogP contribution is 2.45. The summed E-state index contributed by atoms with van der Waals surface area (Å²) in [5.74, 6) is 0.525. The lowest BCUT2D eigenvalue weighted by Gasteiger charge is -2.47. The maximum Gasteiger partial charge on any atom is 0.270 e. The Balaban J connectivity index is 1.48. The van der Waals surface area contributed by atoms with Crippen LogP contribution in [0.25, 0.3) is 0 Å². The number of hydrogen-bond acceptors (Lipinski definition) is 2. The number of amides is 1. The van der Waals surface area contributed by atoms with E-state index >= 15 is 0 Å². The van der Waals surface area contributed by atoms with Crippen LogP contribution < -0.4 is 0 Å². The Morgan fingerprint density at radius 3 is 2.58 bits per heavy atom. The van der Waals surface area contributed by atoms with Gasteiger partial charge in [-0.2, -0.15) is 0 Å². The van der Waals surface area contributed by atoms with E-state index in [1.807, 2.05) is 18.3 Å². The Bertz CT molecular complexity index is 508. The standard InChI is InChI=1S/C15H20N2O2/c18-14(16-9-15(19,10-16)11-6-7-11)13-5-2-8-17(13)12-3-1-4-12/h2,5,8,11-12,19H,1,3-4,6-7,9-10H2. The Morgan fingerprint density at radius 1 is 1.26 bits per heavy atom. The minimum atomic E-state index is -0.580. The third-order valence-corrected chi connectivity index (χ3v) is 5.02. The van der Waals surface area contributed by atoms with E-state index in [2.05, 4.69) is 4.57 Å². The van der Waals surface area contributed by atoms with Gasteiger partial charge < -0.3 is 14.6 Å². The maximum absolute atomic E-state index is 12.5. The Kier molecular flexibility index (Phi) is 2.34. The molecule has 0 radical (unpaired) electrons. The zero-order valence-electron chi connectivity index (χ0n) is 11.1. The Morgan fingerprint density at radius 2 is 2.00 bits per heavy atom. The summed E-state index contributed by atoms with van der Waals surface area (Å²) in [6.07, 6.45) is 7.89. The molecule has 4 nitrogen and oxygen atoms in total. The van der Waals surface area contributed by atoms with Crippen molar-refractivity contribution in [2.45, 2.75) is 43.7 Å². The number of nitrogens with zero attached hydrogens (tertiary/aromatic N) is 2. The molecule has 1 saturated heterocycles. The molecule has 0 bridgehead atoms. The van der Waals surface area contributed by atoms with Crippen LogP contribution in [0.15, 0.2) is 18.3 Å². The molecule has 3 aliphatic rings. The fraction of sp³-hybridized carbons (Fsp3) is 0.667. The molecule has 102 valence electrons. The van der Waals surface area contributed by atoms with Crippen molar-refractivity contribution >= 4 is 5.91 Å². The first kappa shape index (κ1) is 11.5. The monoisotopic (exact) mass is 260 g/mol. The van der Waals surface area contributed by atoms with Crippen LogP contribution in [0.2, 0.25) is 0 Å². The van der Waals surface area contributed by atoms with E-state index in [0.717, 1.165) is 18.5 Å². The molecule has 0 atom stereocenters. The van der Waals surface area contributed by atoms with Gasteiger partial charge in [-0.3, -0.25) is 4.79 Å². The van der Waals surface area contributed by atoms with Crippen LogP contribution in [0.1, 0.15) is 48.6 Å². The maximum atomic E-state index is 12.5. The van der Waals surface area contributed by atoms with E-state index in [-0.39, 0.29) is 5.91 Å². The molecule has 3 fully saturated rings. The topological polar surface area (TPSA) is 45.5 Å². The van der Waals surface area contributed by atoms with Crippen LogP contribution in [-0.2, 0) is 0 Å². The highest BCUT2D eigenvalue weighted by molar-refractivity contribution is 5.93. The predicted octanol–water partition coefficient (Wildman–Crippen LogP) is 1.81. The lowest BCUT2D eigenvalue weighted by Crippen LogP contribution is -2.64. The molecule has 2 aliphatic carbocycles. The summed E-state index contributed by atoms with van der Waals surface area (Å²) in [7, 11) is 0. The Hall–Kier alpha value is -1.29. The summed E-state index contributed by atoms with van der Waals surface area (Å²) in [4.78, 5) is 14.3. The summed E-state index contributed by atoms with van der Waals surface area (Å²) in [6.45, 7) is 1.04. The second kappa shape index (κ2) is 3.85. The van der Waals surface area contributed by atoms with E-state index < -0.39 is 5.60 Å². The van der Waals surface area contributed by atoms with Crippen molar-refractivity contribution in [3.05, 3.63) is 24.0 Å². The normalized spacial score (nSPS) is 25.8. The summed E-state index contributed by atoms with van der Waals surface area (Å²) in [6, 6.07) is 4.38. The van der Waals surface area contributed by atoms with Gasteiger partial charge in [-0.15, -0.1) is 0 Å². The minimum Gasteiger partial charge on any atom is -0.386 e. The zero-order chi connectivity index (χ0) is 13.0. The van der Waals surface area contributed by atoms with E-state index in [0.29, 0.717) is 25.0 Å². The average molecular weight is 260 g/mol. The first-order valence-electron chi connectivity index (χ1n) is 7.36. The van der Waals surface area contributed by atoms with Crippen molar-refractivity contribution in [3.63, 3.8) is 0 Å². The molecule has 4 rings (SSSR count). The number of aromatic nitrogens is 1. The molecule has 1 aromatic rings. The van der Waals surface area contributed by atoms with E-state index in [4.69, 9.17) is 0 Å². The molecule has 0 aromatic carbocycles. The summed E-state index contributed by atoms with van der Waals surface area (Å²) in [5, 5.41) is 10.3. The van der Waals surface area contributed by atoms with Gasteiger partial charge in [0, 0.05) is 12.2 Å². The second-order valence-corrected chi connectivity index (χ2v) is 6.42. The highest BCUT2D eigenvalue weighted by atomic mass is 16.3. The SMILES string of the molecule is O=C(c1cccn1C1CCC1)N1CC(O)(C2CC2)C1. The third kappa shape index (κ3) is 1.73. The Labute approximate surface area is 113 Å². The van der Waals surface area contributed by atoms with Crippen LogP contribution >= 0.6 is 0 Å². The molecule has 1 N–H and O–H groups in total. The highest BCUT2D eigenvalue weighted by Gasteiger charge is 2.53. The van der Waals surface area contributed by atoms with Crippen LogP contribution in [-0.4, -0.2) is 39.2 Å².